The van der Waals surface area contributed by atoms with Crippen molar-refractivity contribution < 1.29 is 31.5 Å². The summed E-state index contributed by atoms with van der Waals surface area (Å²) in [7, 11) is -3.45. The van der Waals surface area contributed by atoms with E-state index in [0.29, 0.717) is 27.8 Å². The number of sulfonamides is 1. The van der Waals surface area contributed by atoms with E-state index in [-0.39, 0.29) is 22.6 Å². The molecule has 8 nitrogen and oxygen atoms in total. The number of ether oxygens (including phenoxy) is 2. The van der Waals surface area contributed by atoms with Crippen molar-refractivity contribution in [3.8, 4) is 22.6 Å². The zero-order valence-corrected chi connectivity index (χ0v) is 19.7. The lowest BCUT2D eigenvalue weighted by atomic mass is 10.00. The van der Waals surface area contributed by atoms with Gasteiger partial charge in [-0.25, -0.2) is 13.4 Å². The number of carbonyl (C=O) groups is 1. The minimum absolute atomic E-state index is 0.0738. The molecular weight excluding hydrogens is 480 g/mol. The van der Waals surface area contributed by atoms with E-state index in [1.165, 1.54) is 24.4 Å². The minimum Gasteiger partial charge on any atom is -0.395 e. The number of anilines is 1. The minimum atomic E-state index is -3.85. The van der Waals surface area contributed by atoms with Gasteiger partial charge in [-0.1, -0.05) is 32.0 Å². The maximum absolute atomic E-state index is 13.5. The Morgan fingerprint density at radius 1 is 1.03 bits per heavy atom. The third kappa shape index (κ3) is 4.94. The summed E-state index contributed by atoms with van der Waals surface area (Å²) in [5.41, 5.74) is 2.21. The van der Waals surface area contributed by atoms with Crippen LogP contribution in [0.2, 0.25) is 0 Å². The summed E-state index contributed by atoms with van der Waals surface area (Å²) in [6, 6.07) is 12.5. The predicted molar refractivity (Wildman–Crippen MR) is 127 cm³/mol. The van der Waals surface area contributed by atoms with Gasteiger partial charge in [-0.3, -0.25) is 9.52 Å². The smallest absolute Gasteiger partial charge is 0.395 e. The highest BCUT2D eigenvalue weighted by Crippen LogP contribution is 2.44. The Bertz CT molecular complexity index is 1530. The number of pyridine rings is 1. The van der Waals surface area contributed by atoms with E-state index in [1.807, 2.05) is 13.8 Å². The Hall–Kier alpha value is -3.99. The molecule has 5 rings (SSSR count). The van der Waals surface area contributed by atoms with Gasteiger partial charge in [0, 0.05) is 34.6 Å². The van der Waals surface area contributed by atoms with Gasteiger partial charge < -0.3 is 14.5 Å². The van der Waals surface area contributed by atoms with Crippen molar-refractivity contribution in [1.82, 2.24) is 9.97 Å². The molecule has 0 fully saturated rings. The van der Waals surface area contributed by atoms with Crippen LogP contribution < -0.4 is 14.2 Å². The highest BCUT2D eigenvalue weighted by molar-refractivity contribution is 7.92. The van der Waals surface area contributed by atoms with Crippen LogP contribution in [0.5, 0.6) is 11.5 Å². The molecule has 4 aromatic rings. The molecule has 1 aliphatic heterocycles. The van der Waals surface area contributed by atoms with Crippen molar-refractivity contribution in [3.63, 3.8) is 0 Å². The Balaban J connectivity index is 0.00000141. The highest BCUT2D eigenvalue weighted by Gasteiger charge is 2.45. The molecule has 182 valence electrons. The third-order valence-electron chi connectivity index (χ3n) is 4.95. The van der Waals surface area contributed by atoms with Crippen molar-refractivity contribution in [3.05, 3.63) is 72.1 Å². The molecule has 2 aromatic carbocycles. The number of rotatable bonds is 5. The van der Waals surface area contributed by atoms with Crippen LogP contribution in [0.4, 0.5) is 14.5 Å². The van der Waals surface area contributed by atoms with Crippen molar-refractivity contribution in [2.75, 3.05) is 11.0 Å². The number of nitrogens with one attached hydrogen (secondary N) is 2. The Labute approximate surface area is 200 Å². The van der Waals surface area contributed by atoms with Crippen molar-refractivity contribution in [2.24, 2.45) is 0 Å². The number of halogens is 2. The standard InChI is InChI=1S/C22H15F2N3O5S.C2H6/c1-33(29,30)27-14-5-2-4-12(8-14)13-9-16-17(11-26-21(16)25-10-13)19(28)15-6-3-7-18-20(15)32-22(23,24)31-18;1-2/h2-11,27H,1H3,(H,25,26);1-2H3. The molecule has 3 heterocycles. The van der Waals surface area contributed by atoms with Crippen LogP contribution in [0.15, 0.2) is 60.9 Å². The van der Waals surface area contributed by atoms with E-state index in [4.69, 9.17) is 0 Å². The zero-order valence-electron chi connectivity index (χ0n) is 18.9. The van der Waals surface area contributed by atoms with E-state index >= 15 is 0 Å². The molecule has 2 N–H and O–H groups in total. The molecule has 0 spiro atoms. The van der Waals surface area contributed by atoms with Crippen LogP contribution in [0, 0.1) is 0 Å². The topological polar surface area (TPSA) is 110 Å². The van der Waals surface area contributed by atoms with Crippen molar-refractivity contribution in [2.45, 2.75) is 20.1 Å². The number of nitrogens with zero attached hydrogens (tertiary/aromatic N) is 1. The van der Waals surface area contributed by atoms with Gasteiger partial charge in [0.1, 0.15) is 5.65 Å². The second-order valence-electron chi connectivity index (χ2n) is 7.41. The fourth-order valence-electron chi connectivity index (χ4n) is 3.62. The fraction of sp³-hybridized carbons (Fsp3) is 0.167. The van der Waals surface area contributed by atoms with Crippen LogP contribution in [0.3, 0.4) is 0 Å². The third-order valence-corrected chi connectivity index (χ3v) is 5.55. The van der Waals surface area contributed by atoms with E-state index < -0.39 is 22.1 Å². The first-order valence-corrected chi connectivity index (χ1v) is 12.5. The Morgan fingerprint density at radius 3 is 2.51 bits per heavy atom. The SMILES string of the molecule is CC.CS(=O)(=O)Nc1cccc(-c2cnc3[nH]cc(C(=O)c4cccc5c4OC(F)(F)O5)c3c2)c1. The van der Waals surface area contributed by atoms with E-state index in [0.717, 1.165) is 6.26 Å². The van der Waals surface area contributed by atoms with Gasteiger partial charge in [-0.15, -0.1) is 8.78 Å². The lowest BCUT2D eigenvalue weighted by molar-refractivity contribution is -0.286. The normalized spacial score (nSPS) is 13.7. The van der Waals surface area contributed by atoms with Crippen molar-refractivity contribution >= 4 is 32.5 Å². The van der Waals surface area contributed by atoms with Gasteiger partial charge in [-0.05, 0) is 35.9 Å². The fourth-order valence-corrected chi connectivity index (χ4v) is 4.17. The number of aromatic nitrogens is 2. The summed E-state index contributed by atoms with van der Waals surface area (Å²) in [6.45, 7) is 4.00. The van der Waals surface area contributed by atoms with Gasteiger partial charge in [0.15, 0.2) is 17.3 Å². The second kappa shape index (κ2) is 8.99. The number of fused-ring (bicyclic) bond motifs is 2. The predicted octanol–water partition coefficient (Wildman–Crippen LogP) is 5.18. The van der Waals surface area contributed by atoms with Gasteiger partial charge in [0.25, 0.3) is 0 Å². The number of alkyl halides is 2. The number of H-pyrrole nitrogens is 1. The summed E-state index contributed by atoms with van der Waals surface area (Å²) in [5.74, 6) is -1.10. The molecule has 0 saturated heterocycles. The van der Waals surface area contributed by atoms with Crippen LogP contribution in [-0.4, -0.2) is 36.7 Å². The Morgan fingerprint density at radius 2 is 1.77 bits per heavy atom. The summed E-state index contributed by atoms with van der Waals surface area (Å²) in [4.78, 5) is 20.5. The monoisotopic (exact) mass is 501 g/mol. The lowest BCUT2D eigenvalue weighted by Crippen LogP contribution is -2.26. The van der Waals surface area contributed by atoms with Crippen LogP contribution in [0.25, 0.3) is 22.2 Å². The van der Waals surface area contributed by atoms with Gasteiger partial charge in [-0.2, -0.15) is 0 Å². The summed E-state index contributed by atoms with van der Waals surface area (Å²) in [5, 5.41) is 0.460. The number of para-hydroxylation sites is 1. The number of hydrogen-bond donors (Lipinski definition) is 2. The van der Waals surface area contributed by atoms with E-state index in [9.17, 15) is 22.0 Å². The van der Waals surface area contributed by atoms with Gasteiger partial charge in [0.05, 0.1) is 11.8 Å². The first kappa shape index (κ1) is 24.1. The van der Waals surface area contributed by atoms with E-state index in [2.05, 4.69) is 24.2 Å². The quantitative estimate of drug-likeness (QED) is 0.365. The second-order valence-corrected chi connectivity index (χ2v) is 9.16. The molecule has 0 radical (unpaired) electrons. The van der Waals surface area contributed by atoms with Crippen LogP contribution in [0.1, 0.15) is 29.8 Å². The van der Waals surface area contributed by atoms with Crippen LogP contribution >= 0.6 is 0 Å². The molecule has 35 heavy (non-hydrogen) atoms. The van der Waals surface area contributed by atoms with Gasteiger partial charge >= 0.3 is 6.29 Å². The number of ketones is 1. The molecule has 0 atom stereocenters. The van der Waals surface area contributed by atoms with Crippen molar-refractivity contribution in [1.29, 1.82) is 0 Å². The first-order chi connectivity index (χ1) is 16.6. The Kier molecular flexibility index (Phi) is 6.20. The largest absolute Gasteiger partial charge is 0.586 e. The molecule has 0 aliphatic carbocycles. The molecule has 0 bridgehead atoms. The molecule has 0 saturated carbocycles. The van der Waals surface area contributed by atoms with Gasteiger partial charge in [0.2, 0.25) is 10.0 Å². The average molecular weight is 502 g/mol. The number of benzene rings is 2. The molecule has 0 unspecified atom stereocenters. The molecule has 0 amide bonds. The molecule has 1 aliphatic rings. The molecule has 2 aromatic heterocycles. The molecule has 11 heteroatoms. The summed E-state index contributed by atoms with van der Waals surface area (Å²) in [6.07, 6.45) is 0.220. The average Bonchev–Trinajstić information content (AvgIpc) is 3.37. The zero-order chi connectivity index (χ0) is 25.4. The highest BCUT2D eigenvalue weighted by atomic mass is 32.2. The lowest BCUT2D eigenvalue weighted by Gasteiger charge is -2.08. The number of aromatic amines is 1. The first-order valence-electron chi connectivity index (χ1n) is 10.6. The maximum atomic E-state index is 13.5. The molecular formula is C24H21F2N3O5S. The summed E-state index contributed by atoms with van der Waals surface area (Å²) >= 11 is 0. The maximum Gasteiger partial charge on any atom is 0.586 e. The van der Waals surface area contributed by atoms with E-state index in [1.54, 1.807) is 36.5 Å². The summed E-state index contributed by atoms with van der Waals surface area (Å²) < 4.78 is 61.5. The number of hydrogen-bond acceptors (Lipinski definition) is 6. The number of carbonyl (C=O) groups excluding carboxylic acids is 1. The van der Waals surface area contributed by atoms with Crippen LogP contribution in [-0.2, 0) is 10.0 Å².